The van der Waals surface area contributed by atoms with Gasteiger partial charge < -0.3 is 5.73 Å². The molecule has 0 atom stereocenters. The van der Waals surface area contributed by atoms with Crippen molar-refractivity contribution in [2.45, 2.75) is 0 Å². The minimum atomic E-state index is 0.715. The lowest BCUT2D eigenvalue weighted by Crippen LogP contribution is -1.97. The highest BCUT2D eigenvalue weighted by atomic mass is 15.3. The molecule has 0 aliphatic heterocycles. The summed E-state index contributed by atoms with van der Waals surface area (Å²) in [5, 5.41) is 6.05. The molecule has 0 spiro atoms. The number of nitrogens with two attached hydrogens (primary N) is 1. The van der Waals surface area contributed by atoms with Crippen LogP contribution >= 0.6 is 0 Å². The van der Waals surface area contributed by atoms with Gasteiger partial charge in [0.1, 0.15) is 12.7 Å². The number of hydrogen-bond donors (Lipinski definition) is 1. The van der Waals surface area contributed by atoms with Gasteiger partial charge in [-0.1, -0.05) is 0 Å². The molecule has 5 nitrogen and oxygen atoms in total. The summed E-state index contributed by atoms with van der Waals surface area (Å²) in [6, 6.07) is 5.69. The van der Waals surface area contributed by atoms with Crippen LogP contribution in [0.4, 0.5) is 5.69 Å². The van der Waals surface area contributed by atoms with Gasteiger partial charge in [-0.3, -0.25) is 4.98 Å². The molecule has 0 aliphatic rings. The van der Waals surface area contributed by atoms with Crippen LogP contribution in [-0.2, 0) is 0 Å². The molecular formula is C11H9N5. The summed E-state index contributed by atoms with van der Waals surface area (Å²) >= 11 is 0. The van der Waals surface area contributed by atoms with Crippen molar-refractivity contribution < 1.29 is 0 Å². The summed E-state index contributed by atoms with van der Waals surface area (Å²) in [6.45, 7) is 0. The van der Waals surface area contributed by atoms with Gasteiger partial charge >= 0.3 is 0 Å². The van der Waals surface area contributed by atoms with Crippen LogP contribution in [0.3, 0.4) is 0 Å². The fraction of sp³-hybridized carbons (Fsp3) is 0. The number of anilines is 1. The number of fused-ring (bicyclic) bond motifs is 1. The third kappa shape index (κ3) is 1.22. The maximum Gasteiger partial charge on any atom is 0.138 e. The molecular weight excluding hydrogens is 202 g/mol. The van der Waals surface area contributed by atoms with E-state index in [4.69, 9.17) is 5.73 Å². The molecule has 1 aromatic carbocycles. The molecule has 0 saturated carbocycles. The number of pyridine rings is 1. The Morgan fingerprint density at radius 1 is 1.06 bits per heavy atom. The molecule has 2 aromatic heterocycles. The highest BCUT2D eigenvalue weighted by Crippen LogP contribution is 2.25. The largest absolute Gasteiger partial charge is 0.398 e. The first-order valence-electron chi connectivity index (χ1n) is 4.83. The van der Waals surface area contributed by atoms with E-state index in [1.54, 1.807) is 23.4 Å². The van der Waals surface area contributed by atoms with Gasteiger partial charge in [-0.2, -0.15) is 5.10 Å². The summed E-state index contributed by atoms with van der Waals surface area (Å²) < 4.78 is 1.71. The summed E-state index contributed by atoms with van der Waals surface area (Å²) in [5.41, 5.74) is 7.56. The maximum absolute atomic E-state index is 5.89. The molecule has 3 aromatic rings. The van der Waals surface area contributed by atoms with E-state index in [-0.39, 0.29) is 0 Å². The zero-order valence-electron chi connectivity index (χ0n) is 8.41. The monoisotopic (exact) mass is 211 g/mol. The maximum atomic E-state index is 5.89. The molecule has 0 bridgehead atoms. The number of hydrogen-bond acceptors (Lipinski definition) is 4. The van der Waals surface area contributed by atoms with E-state index in [0.717, 1.165) is 16.5 Å². The standard InChI is InChI=1S/C11H9N5/c12-10-1-2-11(16-7-14-6-15-16)8-3-4-13-5-9(8)10/h1-7H,12H2. The molecule has 2 N–H and O–H groups in total. The van der Waals surface area contributed by atoms with Crippen molar-refractivity contribution in [2.75, 3.05) is 5.73 Å². The molecule has 2 heterocycles. The van der Waals surface area contributed by atoms with E-state index in [1.807, 2.05) is 18.2 Å². The lowest BCUT2D eigenvalue weighted by molar-refractivity contribution is 0.886. The molecule has 3 rings (SSSR count). The van der Waals surface area contributed by atoms with E-state index >= 15 is 0 Å². The summed E-state index contributed by atoms with van der Waals surface area (Å²) in [5.74, 6) is 0. The predicted octanol–water partition coefficient (Wildman–Crippen LogP) is 1.40. The SMILES string of the molecule is Nc1ccc(-n2cncn2)c2ccncc12. The molecule has 16 heavy (non-hydrogen) atoms. The minimum Gasteiger partial charge on any atom is -0.398 e. The average Bonchev–Trinajstić information content (AvgIpc) is 2.83. The van der Waals surface area contributed by atoms with Crippen molar-refractivity contribution >= 4 is 16.5 Å². The van der Waals surface area contributed by atoms with Crippen LogP contribution in [0, 0.1) is 0 Å². The molecule has 78 valence electrons. The van der Waals surface area contributed by atoms with Crippen LogP contribution in [-0.4, -0.2) is 19.7 Å². The number of aromatic nitrogens is 4. The smallest absolute Gasteiger partial charge is 0.138 e. The molecule has 0 aliphatic carbocycles. The van der Waals surface area contributed by atoms with Crippen LogP contribution in [0.1, 0.15) is 0 Å². The fourth-order valence-electron chi connectivity index (χ4n) is 1.73. The Hall–Kier alpha value is -2.43. The molecule has 0 unspecified atom stereocenters. The number of rotatable bonds is 1. The first-order chi connectivity index (χ1) is 7.86. The first-order valence-corrected chi connectivity index (χ1v) is 4.83. The first kappa shape index (κ1) is 8.84. The van der Waals surface area contributed by atoms with E-state index in [1.165, 1.54) is 6.33 Å². The lowest BCUT2D eigenvalue weighted by atomic mass is 10.1. The van der Waals surface area contributed by atoms with Crippen LogP contribution in [0.5, 0.6) is 0 Å². The second kappa shape index (κ2) is 3.30. The van der Waals surface area contributed by atoms with Crippen molar-refractivity contribution in [3.8, 4) is 5.69 Å². The van der Waals surface area contributed by atoms with Crippen molar-refractivity contribution in [1.29, 1.82) is 0 Å². The van der Waals surface area contributed by atoms with Crippen molar-refractivity contribution in [3.63, 3.8) is 0 Å². The van der Waals surface area contributed by atoms with Crippen LogP contribution < -0.4 is 5.73 Å². The van der Waals surface area contributed by atoms with Gasteiger partial charge in [0.25, 0.3) is 0 Å². The topological polar surface area (TPSA) is 69.6 Å². The fourth-order valence-corrected chi connectivity index (χ4v) is 1.73. The zero-order chi connectivity index (χ0) is 11.0. The second-order valence-corrected chi connectivity index (χ2v) is 3.44. The zero-order valence-corrected chi connectivity index (χ0v) is 8.41. The Morgan fingerprint density at radius 2 is 2.00 bits per heavy atom. The highest BCUT2D eigenvalue weighted by molar-refractivity contribution is 5.97. The molecule has 5 heteroatoms. The summed E-state index contributed by atoms with van der Waals surface area (Å²) in [4.78, 5) is 8.00. The quantitative estimate of drug-likeness (QED) is 0.617. The summed E-state index contributed by atoms with van der Waals surface area (Å²) in [6.07, 6.45) is 6.65. The van der Waals surface area contributed by atoms with Gasteiger partial charge in [-0.25, -0.2) is 9.67 Å². The molecule has 0 fully saturated rings. The van der Waals surface area contributed by atoms with Crippen LogP contribution in [0.15, 0.2) is 43.2 Å². The minimum absolute atomic E-state index is 0.715. The third-order valence-corrected chi connectivity index (χ3v) is 2.49. The van der Waals surface area contributed by atoms with Gasteiger partial charge in [0.2, 0.25) is 0 Å². The Balaban J connectivity index is 2.39. The van der Waals surface area contributed by atoms with E-state index in [9.17, 15) is 0 Å². The molecule has 0 radical (unpaired) electrons. The van der Waals surface area contributed by atoms with E-state index in [0.29, 0.717) is 5.69 Å². The van der Waals surface area contributed by atoms with Crippen molar-refractivity contribution in [3.05, 3.63) is 43.2 Å². The van der Waals surface area contributed by atoms with Crippen molar-refractivity contribution in [1.82, 2.24) is 19.7 Å². The average molecular weight is 211 g/mol. The van der Waals surface area contributed by atoms with Gasteiger partial charge in [0, 0.05) is 28.9 Å². The lowest BCUT2D eigenvalue weighted by Gasteiger charge is -2.07. The van der Waals surface area contributed by atoms with Gasteiger partial charge in [-0.05, 0) is 18.2 Å². The second-order valence-electron chi connectivity index (χ2n) is 3.44. The predicted molar refractivity (Wildman–Crippen MR) is 61.1 cm³/mol. The molecule has 0 amide bonds. The van der Waals surface area contributed by atoms with Crippen LogP contribution in [0.25, 0.3) is 16.5 Å². The van der Waals surface area contributed by atoms with E-state index < -0.39 is 0 Å². The van der Waals surface area contributed by atoms with Crippen LogP contribution in [0.2, 0.25) is 0 Å². The Labute approximate surface area is 91.6 Å². The Kier molecular flexibility index (Phi) is 1.83. The van der Waals surface area contributed by atoms with Gasteiger partial charge in [0.05, 0.1) is 5.69 Å². The van der Waals surface area contributed by atoms with E-state index in [2.05, 4.69) is 15.1 Å². The number of nitrogens with zero attached hydrogens (tertiary/aromatic N) is 4. The normalized spacial score (nSPS) is 10.8. The van der Waals surface area contributed by atoms with Crippen molar-refractivity contribution in [2.24, 2.45) is 0 Å². The third-order valence-electron chi connectivity index (χ3n) is 2.49. The summed E-state index contributed by atoms with van der Waals surface area (Å²) in [7, 11) is 0. The highest BCUT2D eigenvalue weighted by Gasteiger charge is 2.05. The van der Waals surface area contributed by atoms with Gasteiger partial charge in [-0.15, -0.1) is 0 Å². The Bertz CT molecular complexity index is 630. The number of nitrogen functional groups attached to an aromatic ring is 1. The van der Waals surface area contributed by atoms with Gasteiger partial charge in [0.15, 0.2) is 0 Å². The Morgan fingerprint density at radius 3 is 2.81 bits per heavy atom. The molecule has 0 saturated heterocycles. The number of benzene rings is 1.